The molecule has 1 aliphatic carbocycles. The third kappa shape index (κ3) is 6.39. The maximum absolute atomic E-state index is 13.1. The zero-order valence-electron chi connectivity index (χ0n) is 20.4. The molecule has 2 atom stereocenters. The second kappa shape index (κ2) is 12.4. The lowest BCUT2D eigenvalue weighted by Gasteiger charge is -2.23. The first-order valence-corrected chi connectivity index (χ1v) is 13.9. The van der Waals surface area contributed by atoms with Crippen molar-refractivity contribution < 1.29 is 23.8 Å². The average Bonchev–Trinajstić information content (AvgIpc) is 3.57. The number of aryl methyl sites for hydroxylation is 1. The summed E-state index contributed by atoms with van der Waals surface area (Å²) in [6.45, 7) is 2.04. The van der Waals surface area contributed by atoms with Crippen LogP contribution >= 0.6 is 35.0 Å². The fourth-order valence-electron chi connectivity index (χ4n) is 4.52. The highest BCUT2D eigenvalue weighted by Gasteiger charge is 2.28. The maximum Gasteiger partial charge on any atom is 0.344 e. The molecular formula is C28H30Cl2O5S. The molecule has 8 heteroatoms. The van der Waals surface area contributed by atoms with Crippen LogP contribution in [0.2, 0.25) is 10.0 Å². The summed E-state index contributed by atoms with van der Waals surface area (Å²) < 4.78 is 17.8. The number of carbonyl (C=O) groups is 2. The SMILES string of the molecule is CCc1cc(Cl)c(CC(OC(=O)C2=CCC(C=O)S2)c2ccc(OC)c(OC3CCCC3)c2)c(Cl)c1. The Bertz CT molecular complexity index is 1120. The lowest BCUT2D eigenvalue weighted by atomic mass is 9.99. The summed E-state index contributed by atoms with van der Waals surface area (Å²) in [5, 5.41) is 0.808. The molecule has 1 heterocycles. The van der Waals surface area contributed by atoms with Crippen LogP contribution in [0.5, 0.6) is 11.5 Å². The van der Waals surface area contributed by atoms with Crippen molar-refractivity contribution in [2.75, 3.05) is 7.11 Å². The van der Waals surface area contributed by atoms with Crippen molar-refractivity contribution in [3.05, 3.63) is 68.0 Å². The van der Waals surface area contributed by atoms with Gasteiger partial charge in [0.05, 0.1) is 23.4 Å². The molecule has 0 N–H and O–H groups in total. The lowest BCUT2D eigenvalue weighted by molar-refractivity contribution is -0.143. The number of halogens is 2. The van der Waals surface area contributed by atoms with Crippen molar-refractivity contribution in [1.29, 1.82) is 0 Å². The number of methoxy groups -OCH3 is 1. The standard InChI is InChI=1S/C28H30Cl2O5S/c1-3-17-12-22(29)21(23(30)13-17)15-25(35-28(32)27-11-9-20(16-31)36-27)18-8-10-24(33-2)26(14-18)34-19-6-4-5-7-19/h8,10-14,16,19-20,25H,3-7,9,15H2,1-2H3. The lowest BCUT2D eigenvalue weighted by Crippen LogP contribution is -2.16. The summed E-state index contributed by atoms with van der Waals surface area (Å²) in [4.78, 5) is 24.7. The van der Waals surface area contributed by atoms with Gasteiger partial charge in [0, 0.05) is 16.5 Å². The average molecular weight is 550 g/mol. The molecule has 0 radical (unpaired) electrons. The number of esters is 1. The minimum Gasteiger partial charge on any atom is -0.493 e. The van der Waals surface area contributed by atoms with Gasteiger partial charge in [-0.25, -0.2) is 4.79 Å². The number of hydrogen-bond acceptors (Lipinski definition) is 6. The highest BCUT2D eigenvalue weighted by Crippen LogP contribution is 2.39. The van der Waals surface area contributed by atoms with Crippen LogP contribution in [-0.4, -0.2) is 30.7 Å². The molecule has 36 heavy (non-hydrogen) atoms. The molecule has 0 amide bonds. The predicted octanol–water partition coefficient (Wildman–Crippen LogP) is 7.30. The fraction of sp³-hybridized carbons (Fsp3) is 0.429. The molecule has 0 aromatic heterocycles. The van der Waals surface area contributed by atoms with Gasteiger partial charge < -0.3 is 19.0 Å². The van der Waals surface area contributed by atoms with E-state index in [-0.39, 0.29) is 17.8 Å². The molecule has 2 aromatic carbocycles. The Morgan fingerprint density at radius 2 is 1.86 bits per heavy atom. The molecule has 1 saturated carbocycles. The quantitative estimate of drug-likeness (QED) is 0.229. The molecule has 2 aromatic rings. The third-order valence-electron chi connectivity index (χ3n) is 6.57. The fourth-order valence-corrected chi connectivity index (χ4v) is 6.12. The predicted molar refractivity (Wildman–Crippen MR) is 144 cm³/mol. The Labute approximate surface area is 226 Å². The van der Waals surface area contributed by atoms with E-state index in [1.54, 1.807) is 13.2 Å². The van der Waals surface area contributed by atoms with Gasteiger partial charge in [0.25, 0.3) is 0 Å². The van der Waals surface area contributed by atoms with Gasteiger partial charge in [-0.2, -0.15) is 0 Å². The Morgan fingerprint density at radius 1 is 1.14 bits per heavy atom. The Balaban J connectivity index is 1.66. The summed E-state index contributed by atoms with van der Waals surface area (Å²) in [5.74, 6) is 0.778. The molecule has 2 unspecified atom stereocenters. The van der Waals surface area contributed by atoms with Crippen molar-refractivity contribution >= 4 is 47.2 Å². The van der Waals surface area contributed by atoms with Crippen LogP contribution in [0.15, 0.2) is 41.3 Å². The molecule has 4 rings (SSSR count). The number of allylic oxidation sites excluding steroid dienone is 1. The van der Waals surface area contributed by atoms with Crippen LogP contribution < -0.4 is 9.47 Å². The van der Waals surface area contributed by atoms with E-state index in [9.17, 15) is 9.59 Å². The van der Waals surface area contributed by atoms with Crippen molar-refractivity contribution in [1.82, 2.24) is 0 Å². The first kappa shape index (κ1) is 26.9. The second-order valence-electron chi connectivity index (χ2n) is 9.02. The largest absolute Gasteiger partial charge is 0.493 e. The first-order valence-electron chi connectivity index (χ1n) is 12.3. The van der Waals surface area contributed by atoms with E-state index in [1.165, 1.54) is 11.8 Å². The van der Waals surface area contributed by atoms with E-state index < -0.39 is 12.1 Å². The van der Waals surface area contributed by atoms with E-state index >= 15 is 0 Å². The monoisotopic (exact) mass is 548 g/mol. The van der Waals surface area contributed by atoms with Crippen LogP contribution in [0, 0.1) is 0 Å². The van der Waals surface area contributed by atoms with Gasteiger partial charge >= 0.3 is 5.97 Å². The van der Waals surface area contributed by atoms with Gasteiger partial charge in [-0.05, 0) is 79.5 Å². The number of aldehydes is 1. The molecule has 1 aliphatic heterocycles. The minimum atomic E-state index is -0.673. The van der Waals surface area contributed by atoms with Gasteiger partial charge in [-0.1, -0.05) is 42.3 Å². The van der Waals surface area contributed by atoms with Gasteiger partial charge in [-0.3, -0.25) is 0 Å². The molecule has 0 spiro atoms. The molecule has 2 aliphatic rings. The number of carbonyl (C=O) groups excluding carboxylic acids is 2. The summed E-state index contributed by atoms with van der Waals surface area (Å²) in [7, 11) is 1.61. The highest BCUT2D eigenvalue weighted by atomic mass is 35.5. The zero-order chi connectivity index (χ0) is 25.7. The Hall–Kier alpha value is -2.15. The Kier molecular flexibility index (Phi) is 9.26. The van der Waals surface area contributed by atoms with Crippen LogP contribution in [-0.2, 0) is 27.2 Å². The van der Waals surface area contributed by atoms with Gasteiger partial charge in [0.2, 0.25) is 0 Å². The van der Waals surface area contributed by atoms with Crippen molar-refractivity contribution in [3.8, 4) is 11.5 Å². The summed E-state index contributed by atoms with van der Waals surface area (Å²) in [6, 6.07) is 9.37. The van der Waals surface area contributed by atoms with E-state index in [4.69, 9.17) is 37.4 Å². The van der Waals surface area contributed by atoms with Crippen LogP contribution in [0.4, 0.5) is 0 Å². The van der Waals surface area contributed by atoms with E-state index in [2.05, 4.69) is 0 Å². The Morgan fingerprint density at radius 3 is 2.47 bits per heavy atom. The summed E-state index contributed by atoms with van der Waals surface area (Å²) in [6.07, 6.45) is 7.98. The molecule has 5 nitrogen and oxygen atoms in total. The number of hydrogen-bond donors (Lipinski definition) is 0. The second-order valence-corrected chi connectivity index (χ2v) is 11.1. The highest BCUT2D eigenvalue weighted by molar-refractivity contribution is 8.05. The van der Waals surface area contributed by atoms with E-state index in [1.807, 2.05) is 37.3 Å². The van der Waals surface area contributed by atoms with Gasteiger partial charge in [-0.15, -0.1) is 11.8 Å². The summed E-state index contributed by atoms with van der Waals surface area (Å²) >= 11 is 14.5. The normalized spacial score (nSPS) is 18.6. The topological polar surface area (TPSA) is 61.8 Å². The summed E-state index contributed by atoms with van der Waals surface area (Å²) in [5.41, 5.74) is 2.49. The van der Waals surface area contributed by atoms with Crippen molar-refractivity contribution in [2.45, 2.75) is 69.3 Å². The maximum atomic E-state index is 13.1. The molecular weight excluding hydrogens is 519 g/mol. The number of ether oxygens (including phenoxy) is 3. The number of rotatable bonds is 10. The third-order valence-corrected chi connectivity index (χ3v) is 8.44. The van der Waals surface area contributed by atoms with Gasteiger partial charge in [0.1, 0.15) is 12.4 Å². The number of benzene rings is 2. The van der Waals surface area contributed by atoms with Crippen molar-refractivity contribution in [2.24, 2.45) is 0 Å². The van der Waals surface area contributed by atoms with Crippen LogP contribution in [0.25, 0.3) is 0 Å². The van der Waals surface area contributed by atoms with Gasteiger partial charge in [0.15, 0.2) is 11.5 Å². The number of thioether (sulfide) groups is 1. The van der Waals surface area contributed by atoms with E-state index in [0.717, 1.165) is 49.5 Å². The first-order chi connectivity index (χ1) is 17.4. The molecule has 0 bridgehead atoms. The molecule has 192 valence electrons. The zero-order valence-corrected chi connectivity index (χ0v) is 22.8. The van der Waals surface area contributed by atoms with E-state index in [0.29, 0.717) is 38.4 Å². The smallest absolute Gasteiger partial charge is 0.344 e. The molecule has 1 fully saturated rings. The van der Waals surface area contributed by atoms with Crippen molar-refractivity contribution in [3.63, 3.8) is 0 Å². The van der Waals surface area contributed by atoms with Crippen LogP contribution in [0.3, 0.4) is 0 Å². The van der Waals surface area contributed by atoms with Crippen LogP contribution in [0.1, 0.15) is 61.8 Å². The molecule has 0 saturated heterocycles. The minimum absolute atomic E-state index is 0.140.